The minimum absolute atomic E-state index is 0. The van der Waals surface area contributed by atoms with Gasteiger partial charge in [-0.3, -0.25) is 4.79 Å². The predicted octanol–water partition coefficient (Wildman–Crippen LogP) is 11.7. The molecule has 0 bridgehead atoms. The van der Waals surface area contributed by atoms with E-state index in [0.717, 1.165) is 103 Å². The van der Waals surface area contributed by atoms with Crippen molar-refractivity contribution in [1.82, 2.24) is 0 Å². The third-order valence-electron chi connectivity index (χ3n) is 6.13. The summed E-state index contributed by atoms with van der Waals surface area (Å²) in [5, 5.41) is 8.49. The zero-order chi connectivity index (χ0) is 31.2. The van der Waals surface area contributed by atoms with Gasteiger partial charge >= 0.3 is 5.97 Å². The van der Waals surface area contributed by atoms with Crippen molar-refractivity contribution in [3.63, 3.8) is 0 Å². The molecule has 0 amide bonds. The molecule has 0 aliphatic rings. The smallest absolute Gasteiger partial charge is 0.303 e. The van der Waals surface area contributed by atoms with Crippen LogP contribution in [0.5, 0.6) is 0 Å². The lowest BCUT2D eigenvalue weighted by Crippen LogP contribution is -1.93. The monoisotopic (exact) mass is 590 g/mol. The second-order valence-corrected chi connectivity index (χ2v) is 10.3. The molecule has 0 aliphatic heterocycles. The summed E-state index contributed by atoms with van der Waals surface area (Å²) >= 11 is 0. The summed E-state index contributed by atoms with van der Waals surface area (Å²) in [5.41, 5.74) is 0. The first-order valence-corrected chi connectivity index (χ1v) is 16.0. The number of carboxylic acid groups (broad SMARTS) is 1. The lowest BCUT2D eigenvalue weighted by Gasteiger charge is -1.98. The molecule has 1 N–H and O–H groups in total. The maximum absolute atomic E-state index is 10.8. The summed E-state index contributed by atoms with van der Waals surface area (Å²) in [6, 6.07) is 0. The van der Waals surface area contributed by atoms with Crippen LogP contribution in [0.25, 0.3) is 0 Å². The van der Waals surface area contributed by atoms with Crippen LogP contribution in [-0.2, 0) is 9.59 Å². The highest BCUT2D eigenvalue weighted by Crippen LogP contribution is 2.08. The number of carboxylic acids is 1. The Labute approximate surface area is 266 Å². The van der Waals surface area contributed by atoms with Crippen molar-refractivity contribution >= 4 is 11.8 Å². The molecule has 0 atom stereocenters. The van der Waals surface area contributed by atoms with Gasteiger partial charge in [0.25, 0.3) is 0 Å². The van der Waals surface area contributed by atoms with Crippen LogP contribution in [0.4, 0.5) is 0 Å². The fraction of sp³-hybridized carbons (Fsp3) is 0.550. The van der Waals surface area contributed by atoms with Gasteiger partial charge in [-0.1, -0.05) is 99.6 Å². The molecule has 0 unspecified atom stereocenters. The second-order valence-electron chi connectivity index (χ2n) is 10.3. The molecule has 3 heteroatoms. The molecule has 0 heterocycles. The molecule has 0 aliphatic carbocycles. The van der Waals surface area contributed by atoms with Crippen LogP contribution in [-0.4, -0.2) is 16.9 Å². The zero-order valence-electron chi connectivity index (χ0n) is 26.5. The van der Waals surface area contributed by atoms with Crippen LogP contribution >= 0.6 is 0 Å². The highest BCUT2D eigenvalue weighted by Gasteiger charge is 1.95. The lowest BCUT2D eigenvalue weighted by molar-refractivity contribution is -0.137. The average Bonchev–Trinajstić information content (AvgIpc) is 2.97. The SMILES string of the molecule is C.C#CCCC/C=C\C/C=C\C/C=C\C/C=C\CCCC(C)=O.C#CCCC/C=C\C/C=C\CCCCCCCC(=O)O. The normalized spacial score (nSPS) is 11.3. The van der Waals surface area contributed by atoms with Crippen molar-refractivity contribution in [3.8, 4) is 24.7 Å². The van der Waals surface area contributed by atoms with Crippen LogP contribution in [0.15, 0.2) is 72.9 Å². The first-order chi connectivity index (χ1) is 20.5. The van der Waals surface area contributed by atoms with E-state index in [0.29, 0.717) is 12.8 Å². The first-order valence-electron chi connectivity index (χ1n) is 16.0. The largest absolute Gasteiger partial charge is 0.481 e. The number of unbranched alkanes of at least 4 members (excludes halogenated alkanes) is 10. The van der Waals surface area contributed by atoms with Gasteiger partial charge in [-0.05, 0) is 90.4 Å². The topological polar surface area (TPSA) is 54.4 Å². The summed E-state index contributed by atoms with van der Waals surface area (Å²) in [6.45, 7) is 1.65. The number of hydrogen-bond acceptors (Lipinski definition) is 2. The van der Waals surface area contributed by atoms with E-state index < -0.39 is 5.97 Å². The maximum atomic E-state index is 10.8. The fourth-order valence-electron chi connectivity index (χ4n) is 3.74. The quantitative estimate of drug-likeness (QED) is 0.0619. The molecule has 43 heavy (non-hydrogen) atoms. The lowest BCUT2D eigenvalue weighted by atomic mass is 10.1. The Balaban J connectivity index is -0.000000730. The summed E-state index contributed by atoms with van der Waals surface area (Å²) in [5.74, 6) is 4.89. The molecule has 0 aromatic carbocycles. The summed E-state index contributed by atoms with van der Waals surface area (Å²) < 4.78 is 0. The number of rotatable bonds is 26. The van der Waals surface area contributed by atoms with Gasteiger partial charge in [-0.25, -0.2) is 0 Å². The Bertz CT molecular complexity index is 884. The van der Waals surface area contributed by atoms with Crippen molar-refractivity contribution < 1.29 is 14.7 Å². The molecular formula is C40H62O3. The van der Waals surface area contributed by atoms with Crippen molar-refractivity contribution in [2.75, 3.05) is 0 Å². The molecule has 0 fully saturated rings. The number of carbonyl (C=O) groups is 2. The molecule has 3 nitrogen and oxygen atoms in total. The Kier molecular flexibility index (Phi) is 41.9. The van der Waals surface area contributed by atoms with Gasteiger partial charge in [0.15, 0.2) is 0 Å². The van der Waals surface area contributed by atoms with E-state index in [2.05, 4.69) is 84.8 Å². The Morgan fingerprint density at radius 2 is 0.860 bits per heavy atom. The van der Waals surface area contributed by atoms with Gasteiger partial charge < -0.3 is 9.90 Å². The predicted molar refractivity (Wildman–Crippen MR) is 190 cm³/mol. The number of Topliss-reactive ketones (excluding diaryl/α,β-unsaturated/α-hetero) is 1. The summed E-state index contributed by atoms with van der Waals surface area (Å²) in [4.78, 5) is 21.1. The van der Waals surface area contributed by atoms with E-state index in [1.807, 2.05) is 0 Å². The highest BCUT2D eigenvalue weighted by atomic mass is 16.4. The standard InChI is InChI=1S/C21H30O.C18H28O2.CH4/c1-3-4-5-6-7-8-9-10-11-12-13-14-15-16-17-18-19-20-21(2)22;1-2-3-4-5-6-7-8-9-10-11-12-13-14-15-16-17-18(19)20;/h1,7-8,10-11,13-14,16-17H,4-6,9,12,15,18-20H2,2H3;1,6-7,9-10H,3-5,8,11-17H2,(H,19,20);1H4/b8-7-,11-10-,14-13-,17-16-;7-6-,10-9-;. The minimum Gasteiger partial charge on any atom is -0.481 e. The third-order valence-corrected chi connectivity index (χ3v) is 6.13. The van der Waals surface area contributed by atoms with E-state index in [9.17, 15) is 9.59 Å². The molecule has 0 spiro atoms. The van der Waals surface area contributed by atoms with Gasteiger partial charge in [0.1, 0.15) is 5.78 Å². The molecule has 0 aromatic heterocycles. The molecular weight excluding hydrogens is 528 g/mol. The summed E-state index contributed by atoms with van der Waals surface area (Å²) in [6.07, 6.45) is 56.2. The number of ketones is 1. The number of carbonyl (C=O) groups excluding carboxylic acids is 1. The van der Waals surface area contributed by atoms with Gasteiger partial charge in [-0.15, -0.1) is 24.7 Å². The first kappa shape index (κ1) is 44.1. The molecule has 0 radical (unpaired) electrons. The van der Waals surface area contributed by atoms with Crippen molar-refractivity contribution in [3.05, 3.63) is 72.9 Å². The minimum atomic E-state index is -0.680. The second kappa shape index (κ2) is 40.8. The van der Waals surface area contributed by atoms with E-state index in [4.69, 9.17) is 18.0 Å². The van der Waals surface area contributed by atoms with Crippen molar-refractivity contribution in [1.29, 1.82) is 0 Å². The van der Waals surface area contributed by atoms with Crippen LogP contribution in [0.2, 0.25) is 0 Å². The van der Waals surface area contributed by atoms with Gasteiger partial charge in [0.05, 0.1) is 0 Å². The van der Waals surface area contributed by atoms with Gasteiger partial charge in [-0.2, -0.15) is 0 Å². The number of hydrogen-bond donors (Lipinski definition) is 1. The average molecular weight is 591 g/mol. The number of terminal acetylenes is 2. The van der Waals surface area contributed by atoms with Crippen LogP contribution < -0.4 is 0 Å². The van der Waals surface area contributed by atoms with E-state index in [-0.39, 0.29) is 13.2 Å². The van der Waals surface area contributed by atoms with Gasteiger partial charge in [0.2, 0.25) is 0 Å². The maximum Gasteiger partial charge on any atom is 0.303 e. The Morgan fingerprint density at radius 1 is 0.512 bits per heavy atom. The van der Waals surface area contributed by atoms with Crippen LogP contribution in [0, 0.1) is 24.7 Å². The van der Waals surface area contributed by atoms with Crippen LogP contribution in [0.1, 0.15) is 143 Å². The van der Waals surface area contributed by atoms with Gasteiger partial charge in [0, 0.05) is 25.7 Å². The van der Waals surface area contributed by atoms with E-state index >= 15 is 0 Å². The number of aliphatic carboxylic acids is 1. The van der Waals surface area contributed by atoms with Crippen molar-refractivity contribution in [2.24, 2.45) is 0 Å². The number of allylic oxidation sites excluding steroid dienone is 12. The Morgan fingerprint density at radius 3 is 1.26 bits per heavy atom. The Hall–Kier alpha value is -3.30. The molecule has 0 saturated carbocycles. The van der Waals surface area contributed by atoms with E-state index in [1.165, 1.54) is 12.8 Å². The summed E-state index contributed by atoms with van der Waals surface area (Å²) in [7, 11) is 0. The molecule has 0 aromatic rings. The van der Waals surface area contributed by atoms with Crippen molar-refractivity contribution in [2.45, 2.75) is 143 Å². The van der Waals surface area contributed by atoms with Crippen LogP contribution in [0.3, 0.4) is 0 Å². The zero-order valence-corrected chi connectivity index (χ0v) is 26.5. The molecule has 240 valence electrons. The fourth-order valence-corrected chi connectivity index (χ4v) is 3.74. The molecule has 0 rings (SSSR count). The highest BCUT2D eigenvalue weighted by molar-refractivity contribution is 5.75. The molecule has 0 saturated heterocycles. The van der Waals surface area contributed by atoms with E-state index in [1.54, 1.807) is 6.92 Å². The third kappa shape index (κ3) is 48.7.